The molecule has 5 nitrogen and oxygen atoms in total. The summed E-state index contributed by atoms with van der Waals surface area (Å²) in [5, 5.41) is 0. The smallest absolute Gasteiger partial charge is 0.357 e. The van der Waals surface area contributed by atoms with E-state index in [9.17, 15) is 8.42 Å². The van der Waals surface area contributed by atoms with Crippen LogP contribution in [0.2, 0.25) is 0 Å². The second-order valence-electron chi connectivity index (χ2n) is 4.35. The summed E-state index contributed by atoms with van der Waals surface area (Å²) in [6, 6.07) is 14.4. The minimum absolute atomic E-state index is 0.350. The van der Waals surface area contributed by atoms with Crippen LogP contribution in [0.25, 0.3) is 0 Å². The van der Waals surface area contributed by atoms with Gasteiger partial charge in [-0.3, -0.25) is 9.27 Å². The van der Waals surface area contributed by atoms with Crippen LogP contribution in [0.1, 0.15) is 11.1 Å². The first-order valence-electron chi connectivity index (χ1n) is 5.90. The summed E-state index contributed by atoms with van der Waals surface area (Å²) in [6.07, 6.45) is 0. The lowest BCUT2D eigenvalue weighted by Crippen LogP contribution is -2.09. The van der Waals surface area contributed by atoms with Gasteiger partial charge in [0.2, 0.25) is 0 Å². The van der Waals surface area contributed by atoms with Gasteiger partial charge in [-0.2, -0.15) is 8.42 Å². The van der Waals surface area contributed by atoms with Crippen molar-refractivity contribution in [2.45, 2.75) is 13.8 Å². The molecule has 0 bridgehead atoms. The van der Waals surface area contributed by atoms with Crippen LogP contribution in [0.4, 0.5) is 11.4 Å². The van der Waals surface area contributed by atoms with Gasteiger partial charge in [-0.15, -0.1) is 0 Å². The SMILES string of the molecule is Cc1ccc(N)cc1.Cc1ccc(NS(=O)(=O)O)cc1. The molecular formula is C14H18N2O3S. The first-order chi connectivity index (χ1) is 9.26. The summed E-state index contributed by atoms with van der Waals surface area (Å²) in [4.78, 5) is 0. The van der Waals surface area contributed by atoms with Crippen LogP contribution in [0.5, 0.6) is 0 Å². The van der Waals surface area contributed by atoms with Crippen molar-refractivity contribution >= 4 is 21.7 Å². The maximum absolute atomic E-state index is 10.3. The summed E-state index contributed by atoms with van der Waals surface area (Å²) >= 11 is 0. The van der Waals surface area contributed by atoms with E-state index < -0.39 is 10.3 Å². The zero-order valence-electron chi connectivity index (χ0n) is 11.4. The summed E-state index contributed by atoms with van der Waals surface area (Å²) in [5.41, 5.74) is 8.88. The molecule has 0 aliphatic rings. The van der Waals surface area contributed by atoms with Gasteiger partial charge in [0.1, 0.15) is 0 Å². The Morgan fingerprint density at radius 1 is 0.900 bits per heavy atom. The third-order valence-corrected chi connectivity index (χ3v) is 2.87. The van der Waals surface area contributed by atoms with Crippen molar-refractivity contribution in [1.29, 1.82) is 0 Å². The molecule has 0 unspecified atom stereocenters. The molecule has 2 rings (SSSR count). The average molecular weight is 294 g/mol. The van der Waals surface area contributed by atoms with Crippen molar-refractivity contribution in [2.75, 3.05) is 10.5 Å². The zero-order chi connectivity index (χ0) is 15.2. The minimum atomic E-state index is -4.14. The predicted molar refractivity (Wildman–Crippen MR) is 81.9 cm³/mol. The molecule has 0 spiro atoms. The normalized spacial score (nSPS) is 10.3. The molecule has 6 heteroatoms. The quantitative estimate of drug-likeness (QED) is 0.586. The van der Waals surface area contributed by atoms with E-state index in [0.717, 1.165) is 11.3 Å². The molecule has 4 N–H and O–H groups in total. The van der Waals surface area contributed by atoms with Gasteiger partial charge in [0.05, 0.1) is 5.69 Å². The highest BCUT2D eigenvalue weighted by atomic mass is 32.2. The van der Waals surface area contributed by atoms with Crippen molar-refractivity contribution in [3.8, 4) is 0 Å². The van der Waals surface area contributed by atoms with Gasteiger partial charge in [0, 0.05) is 5.69 Å². The van der Waals surface area contributed by atoms with E-state index in [4.69, 9.17) is 10.3 Å². The Bertz CT molecular complexity index is 614. The molecule has 20 heavy (non-hydrogen) atoms. The van der Waals surface area contributed by atoms with E-state index in [0.29, 0.717) is 5.69 Å². The van der Waals surface area contributed by atoms with Gasteiger partial charge in [-0.05, 0) is 38.1 Å². The van der Waals surface area contributed by atoms with Gasteiger partial charge in [0.25, 0.3) is 0 Å². The first kappa shape index (κ1) is 16.0. The predicted octanol–water partition coefficient (Wildman–Crippen LogP) is 2.79. The number of nitrogen functional groups attached to an aromatic ring is 1. The lowest BCUT2D eigenvalue weighted by atomic mass is 10.2. The van der Waals surface area contributed by atoms with E-state index in [1.165, 1.54) is 5.56 Å². The van der Waals surface area contributed by atoms with Crippen molar-refractivity contribution in [1.82, 2.24) is 0 Å². The van der Waals surface area contributed by atoms with Crippen molar-refractivity contribution in [3.63, 3.8) is 0 Å². The number of nitrogens with one attached hydrogen (secondary N) is 1. The van der Waals surface area contributed by atoms with Crippen LogP contribution in [0.3, 0.4) is 0 Å². The van der Waals surface area contributed by atoms with Gasteiger partial charge in [0.15, 0.2) is 0 Å². The fraction of sp³-hybridized carbons (Fsp3) is 0.143. The lowest BCUT2D eigenvalue weighted by molar-refractivity contribution is 0.489. The number of hydrogen-bond donors (Lipinski definition) is 3. The minimum Gasteiger partial charge on any atom is -0.399 e. The molecule has 0 atom stereocenters. The van der Waals surface area contributed by atoms with E-state index in [1.54, 1.807) is 24.3 Å². The van der Waals surface area contributed by atoms with E-state index >= 15 is 0 Å². The number of hydrogen-bond acceptors (Lipinski definition) is 3. The summed E-state index contributed by atoms with van der Waals surface area (Å²) in [5.74, 6) is 0. The van der Waals surface area contributed by atoms with Crippen LogP contribution in [-0.4, -0.2) is 13.0 Å². The van der Waals surface area contributed by atoms with Crippen LogP contribution in [-0.2, 0) is 10.3 Å². The highest BCUT2D eigenvalue weighted by molar-refractivity contribution is 7.87. The largest absolute Gasteiger partial charge is 0.399 e. The summed E-state index contributed by atoms with van der Waals surface area (Å²) in [7, 11) is -4.14. The molecule has 0 aliphatic carbocycles. The van der Waals surface area contributed by atoms with Crippen molar-refractivity contribution < 1.29 is 13.0 Å². The van der Waals surface area contributed by atoms with Crippen molar-refractivity contribution in [2.24, 2.45) is 0 Å². The number of rotatable bonds is 2. The maximum Gasteiger partial charge on any atom is 0.357 e. The fourth-order valence-electron chi connectivity index (χ4n) is 1.34. The molecule has 0 saturated heterocycles. The monoisotopic (exact) mass is 294 g/mol. The molecule has 0 fully saturated rings. The first-order valence-corrected chi connectivity index (χ1v) is 7.34. The number of benzene rings is 2. The summed E-state index contributed by atoms with van der Waals surface area (Å²) < 4.78 is 31.0. The van der Waals surface area contributed by atoms with Gasteiger partial charge >= 0.3 is 10.3 Å². The third-order valence-electron chi connectivity index (χ3n) is 2.38. The van der Waals surface area contributed by atoms with Crippen LogP contribution in [0.15, 0.2) is 48.5 Å². The molecule has 0 aliphatic heterocycles. The highest BCUT2D eigenvalue weighted by Gasteiger charge is 2.01. The molecule has 0 amide bonds. The second-order valence-corrected chi connectivity index (χ2v) is 5.51. The molecule has 0 saturated carbocycles. The van der Waals surface area contributed by atoms with E-state index in [2.05, 4.69) is 0 Å². The Hall–Kier alpha value is -2.05. The maximum atomic E-state index is 10.3. The Balaban J connectivity index is 0.000000217. The number of aryl methyl sites for hydroxylation is 2. The van der Waals surface area contributed by atoms with E-state index in [-0.39, 0.29) is 0 Å². The highest BCUT2D eigenvalue weighted by Crippen LogP contribution is 2.09. The molecular weight excluding hydrogens is 276 g/mol. The van der Waals surface area contributed by atoms with Gasteiger partial charge < -0.3 is 5.73 Å². The molecule has 108 valence electrons. The van der Waals surface area contributed by atoms with Crippen LogP contribution >= 0.6 is 0 Å². The zero-order valence-corrected chi connectivity index (χ0v) is 12.2. The van der Waals surface area contributed by atoms with Gasteiger partial charge in [-0.1, -0.05) is 35.4 Å². The van der Waals surface area contributed by atoms with Gasteiger partial charge in [-0.25, -0.2) is 0 Å². The Kier molecular flexibility index (Phi) is 5.54. The Morgan fingerprint density at radius 3 is 1.65 bits per heavy atom. The van der Waals surface area contributed by atoms with Crippen molar-refractivity contribution in [3.05, 3.63) is 59.7 Å². The standard InChI is InChI=1S/C7H9NO3S.C7H9N/c1-6-2-4-7(5-3-6)8-12(9,10)11;1-6-2-4-7(8)5-3-6/h2-5,8H,1H3,(H,9,10,11);2-5H,8H2,1H3. The van der Waals surface area contributed by atoms with Crippen LogP contribution in [0, 0.1) is 13.8 Å². The number of nitrogens with two attached hydrogens (primary N) is 1. The fourth-order valence-corrected chi connectivity index (χ4v) is 1.77. The molecule has 0 aromatic heterocycles. The Labute approximate surface area is 119 Å². The molecule has 0 radical (unpaired) electrons. The second kappa shape index (κ2) is 6.93. The summed E-state index contributed by atoms with van der Waals surface area (Å²) in [6.45, 7) is 3.93. The third kappa shape index (κ3) is 6.77. The Morgan fingerprint density at radius 2 is 1.30 bits per heavy atom. The molecule has 2 aromatic rings. The molecule has 2 aromatic carbocycles. The van der Waals surface area contributed by atoms with E-state index in [1.807, 2.05) is 42.8 Å². The lowest BCUT2D eigenvalue weighted by Gasteiger charge is -2.01. The average Bonchev–Trinajstić information content (AvgIpc) is 2.35. The molecule has 0 heterocycles. The van der Waals surface area contributed by atoms with Crippen LogP contribution < -0.4 is 10.5 Å². The topological polar surface area (TPSA) is 92.4 Å². The number of anilines is 2.